The van der Waals surface area contributed by atoms with Gasteiger partial charge in [0, 0.05) is 22.9 Å². The maximum absolute atomic E-state index is 15.0. The second kappa shape index (κ2) is 11.1. The standard InChI is InChI=1S/C31H28ClFN8O3S/c1-41-8-2-3-15(41)11-43-31-37-26-24(29(38-31)36-10-21-39-40-30(44-21)14-4-5-14)19-13-42-12-18(19)22(25(26)32)16-6-7-20(33)27-23(16)17(9-34)28(35)45-27/h6-7,14-15H,2-5,8,10-13,35H2,1H3,(H,36,37,38). The van der Waals surface area contributed by atoms with Gasteiger partial charge in [0.2, 0.25) is 11.8 Å². The summed E-state index contributed by atoms with van der Waals surface area (Å²) in [6, 6.07) is 5.58. The molecule has 0 amide bonds. The van der Waals surface area contributed by atoms with Crippen LogP contribution in [-0.4, -0.2) is 51.3 Å². The first-order chi connectivity index (χ1) is 21.9. The van der Waals surface area contributed by atoms with Gasteiger partial charge in [-0.05, 0) is 62.0 Å². The van der Waals surface area contributed by atoms with Crippen molar-refractivity contribution in [2.24, 2.45) is 0 Å². The first kappa shape index (κ1) is 28.4. The number of fused-ring (bicyclic) bond motifs is 4. The third-order valence-electron chi connectivity index (χ3n) is 8.87. The third kappa shape index (κ3) is 4.84. The van der Waals surface area contributed by atoms with Gasteiger partial charge >= 0.3 is 6.01 Å². The molecule has 0 spiro atoms. The van der Waals surface area contributed by atoms with Gasteiger partial charge in [-0.3, -0.25) is 0 Å². The summed E-state index contributed by atoms with van der Waals surface area (Å²) >= 11 is 8.32. The van der Waals surface area contributed by atoms with Crippen LogP contribution < -0.4 is 15.8 Å². The molecule has 2 fully saturated rings. The van der Waals surface area contributed by atoms with Crippen LogP contribution in [0, 0.1) is 17.1 Å². The van der Waals surface area contributed by atoms with E-state index in [1.54, 1.807) is 6.07 Å². The van der Waals surface area contributed by atoms with Crippen molar-refractivity contribution >= 4 is 54.7 Å². The molecule has 1 atom stereocenters. The monoisotopic (exact) mass is 646 g/mol. The Labute approximate surface area is 266 Å². The van der Waals surface area contributed by atoms with Gasteiger partial charge in [0.1, 0.15) is 29.3 Å². The number of hydrogen-bond acceptors (Lipinski definition) is 12. The molecule has 230 valence electrons. The van der Waals surface area contributed by atoms with E-state index in [-0.39, 0.29) is 42.4 Å². The van der Waals surface area contributed by atoms with Crippen LogP contribution >= 0.6 is 22.9 Å². The zero-order valence-electron chi connectivity index (χ0n) is 24.3. The average Bonchev–Trinajstić information content (AvgIpc) is 3.35. The number of hydrogen-bond donors (Lipinski definition) is 2. The number of nitrogens with one attached hydrogen (secondary N) is 1. The molecule has 2 aromatic carbocycles. The number of aromatic nitrogens is 4. The number of nitriles is 1. The Morgan fingerprint density at radius 1 is 1.20 bits per heavy atom. The molecule has 1 aliphatic carbocycles. The van der Waals surface area contributed by atoms with Crippen molar-refractivity contribution in [2.75, 3.05) is 31.2 Å². The number of thiophene rings is 1. The number of rotatable bonds is 8. The Morgan fingerprint density at radius 3 is 2.82 bits per heavy atom. The molecule has 3 aromatic heterocycles. The minimum atomic E-state index is -0.455. The lowest BCUT2D eigenvalue weighted by Crippen LogP contribution is -2.30. The topological polar surface area (TPSA) is 148 Å². The van der Waals surface area contributed by atoms with Crippen LogP contribution in [-0.2, 0) is 24.5 Å². The zero-order chi connectivity index (χ0) is 30.8. The fraction of sp³-hybridized carbons (Fsp3) is 0.387. The van der Waals surface area contributed by atoms with Gasteiger partial charge in [0.15, 0.2) is 0 Å². The van der Waals surface area contributed by atoms with E-state index in [1.165, 1.54) is 6.07 Å². The number of likely N-dealkylation sites (N-methyl/N-ethyl adjacent to an activating group) is 1. The molecule has 14 heteroatoms. The van der Waals surface area contributed by atoms with E-state index in [9.17, 15) is 9.65 Å². The number of likely N-dealkylation sites (tertiary alicyclic amines) is 1. The quantitative estimate of drug-likeness (QED) is 0.200. The van der Waals surface area contributed by atoms with E-state index in [2.05, 4.69) is 33.5 Å². The molecule has 0 bridgehead atoms. The van der Waals surface area contributed by atoms with Crippen molar-refractivity contribution in [1.29, 1.82) is 5.26 Å². The molecule has 1 saturated heterocycles. The lowest BCUT2D eigenvalue weighted by molar-refractivity contribution is 0.135. The molecule has 5 heterocycles. The van der Waals surface area contributed by atoms with Crippen LogP contribution in [0.4, 0.5) is 15.2 Å². The molecule has 3 aliphatic rings. The molecule has 45 heavy (non-hydrogen) atoms. The van der Waals surface area contributed by atoms with Gasteiger partial charge in [0.05, 0.1) is 45.9 Å². The summed E-state index contributed by atoms with van der Waals surface area (Å²) in [6.45, 7) is 2.23. The maximum atomic E-state index is 15.0. The highest BCUT2D eigenvalue weighted by atomic mass is 35.5. The van der Waals surface area contributed by atoms with E-state index in [4.69, 9.17) is 41.2 Å². The SMILES string of the molecule is CN1CCCC1COc1nc(NCc2nnc(C3CC3)o2)c2c3c(c(-c4ccc(F)c5sc(N)c(C#N)c45)c(Cl)c2n1)COC3. The van der Waals surface area contributed by atoms with E-state index in [1.807, 2.05) is 0 Å². The first-order valence-corrected chi connectivity index (χ1v) is 16.0. The molecular formula is C31H28ClFN8O3S. The summed E-state index contributed by atoms with van der Waals surface area (Å²) < 4.78 is 33.3. The van der Waals surface area contributed by atoms with E-state index in [0.29, 0.717) is 67.3 Å². The summed E-state index contributed by atoms with van der Waals surface area (Å²) in [5.74, 6) is 1.49. The molecule has 5 aromatic rings. The number of ether oxygens (including phenoxy) is 2. The molecule has 3 N–H and O–H groups in total. The second-order valence-corrected chi connectivity index (χ2v) is 13.1. The van der Waals surface area contributed by atoms with Gasteiger partial charge in [-0.15, -0.1) is 21.5 Å². The second-order valence-electron chi connectivity index (χ2n) is 11.7. The lowest BCUT2D eigenvalue weighted by atomic mass is 9.91. The van der Waals surface area contributed by atoms with Crippen molar-refractivity contribution in [3.05, 3.63) is 51.4 Å². The van der Waals surface area contributed by atoms with Crippen LogP contribution in [0.5, 0.6) is 6.01 Å². The highest BCUT2D eigenvalue weighted by molar-refractivity contribution is 7.23. The van der Waals surface area contributed by atoms with E-state index < -0.39 is 5.82 Å². The summed E-state index contributed by atoms with van der Waals surface area (Å²) in [4.78, 5) is 11.9. The first-order valence-electron chi connectivity index (χ1n) is 14.8. The van der Waals surface area contributed by atoms with Crippen LogP contribution in [0.2, 0.25) is 5.02 Å². The number of nitrogen functional groups attached to an aromatic ring is 1. The smallest absolute Gasteiger partial charge is 0.319 e. The summed E-state index contributed by atoms with van der Waals surface area (Å²) in [7, 11) is 2.08. The lowest BCUT2D eigenvalue weighted by Gasteiger charge is -2.20. The normalized spacial score (nSPS) is 18.1. The minimum Gasteiger partial charge on any atom is -0.462 e. The van der Waals surface area contributed by atoms with Crippen LogP contribution in [0.15, 0.2) is 16.5 Å². The predicted molar refractivity (Wildman–Crippen MR) is 168 cm³/mol. The third-order valence-corrected chi connectivity index (χ3v) is 10.3. The Morgan fingerprint density at radius 2 is 2.04 bits per heavy atom. The largest absolute Gasteiger partial charge is 0.462 e. The van der Waals surface area contributed by atoms with Gasteiger partial charge in [0.25, 0.3) is 0 Å². The molecule has 0 radical (unpaired) electrons. The Bertz CT molecular complexity index is 2040. The molecule has 11 nitrogen and oxygen atoms in total. The van der Waals surface area contributed by atoms with Crippen molar-refractivity contribution in [3.8, 4) is 23.2 Å². The summed E-state index contributed by atoms with van der Waals surface area (Å²) in [6.07, 6.45) is 4.25. The Balaban J connectivity index is 1.29. The molecule has 2 aliphatic heterocycles. The number of nitrogens with zero attached hydrogens (tertiary/aromatic N) is 6. The fourth-order valence-electron chi connectivity index (χ4n) is 6.35. The van der Waals surface area contributed by atoms with Gasteiger partial charge in [-0.2, -0.15) is 15.2 Å². The van der Waals surface area contributed by atoms with Crippen molar-refractivity contribution in [3.63, 3.8) is 0 Å². The van der Waals surface area contributed by atoms with E-state index in [0.717, 1.165) is 54.7 Å². The van der Waals surface area contributed by atoms with Crippen LogP contribution in [0.25, 0.3) is 32.1 Å². The molecular weight excluding hydrogens is 619 g/mol. The van der Waals surface area contributed by atoms with Crippen molar-refractivity contribution in [2.45, 2.75) is 57.4 Å². The number of benzene rings is 2. The van der Waals surface area contributed by atoms with Crippen LogP contribution in [0.3, 0.4) is 0 Å². The number of halogens is 2. The van der Waals surface area contributed by atoms with Crippen LogP contribution in [0.1, 0.15) is 60.1 Å². The minimum absolute atomic E-state index is 0.169. The molecule has 8 rings (SSSR count). The summed E-state index contributed by atoms with van der Waals surface area (Å²) in [5, 5.41) is 23.4. The number of nitrogens with two attached hydrogens (primary N) is 1. The number of anilines is 2. The van der Waals surface area contributed by atoms with Gasteiger partial charge in [-0.25, -0.2) is 4.39 Å². The molecule has 1 saturated carbocycles. The van der Waals surface area contributed by atoms with Gasteiger partial charge < -0.3 is 29.8 Å². The Kier molecular flexibility index (Phi) is 6.98. The predicted octanol–water partition coefficient (Wildman–Crippen LogP) is 6.13. The average molecular weight is 647 g/mol. The fourth-order valence-corrected chi connectivity index (χ4v) is 7.65. The highest BCUT2D eigenvalue weighted by Gasteiger charge is 2.32. The molecule has 1 unspecified atom stereocenters. The Hall–Kier alpha value is -4.09. The van der Waals surface area contributed by atoms with Crippen molar-refractivity contribution < 1.29 is 18.3 Å². The maximum Gasteiger partial charge on any atom is 0.319 e. The van der Waals surface area contributed by atoms with Crippen molar-refractivity contribution in [1.82, 2.24) is 25.1 Å². The van der Waals surface area contributed by atoms with Gasteiger partial charge in [-0.1, -0.05) is 17.7 Å². The van der Waals surface area contributed by atoms with E-state index >= 15 is 0 Å². The summed E-state index contributed by atoms with van der Waals surface area (Å²) in [5.41, 5.74) is 9.70. The highest BCUT2D eigenvalue weighted by Crippen LogP contribution is 2.49. The zero-order valence-corrected chi connectivity index (χ0v) is 25.9.